The van der Waals surface area contributed by atoms with Crippen LogP contribution in [0.25, 0.3) is 0 Å². The molecule has 0 saturated heterocycles. The van der Waals surface area contributed by atoms with Crippen molar-refractivity contribution >= 4 is 19.8 Å². The molecule has 2 atom stereocenters. The second-order valence-electron chi connectivity index (χ2n) is 18.9. The van der Waals surface area contributed by atoms with Crippen molar-refractivity contribution < 1.29 is 42.1 Å². The van der Waals surface area contributed by atoms with Crippen LogP contribution in [0.5, 0.6) is 0 Å². The zero-order valence-corrected chi connectivity index (χ0v) is 42.3. The van der Waals surface area contributed by atoms with Gasteiger partial charge in [-0.2, -0.15) is 0 Å². The number of carbonyl (C=O) groups is 2. The van der Waals surface area contributed by atoms with E-state index in [2.05, 4.69) is 38.2 Å². The molecule has 10 heteroatoms. The summed E-state index contributed by atoms with van der Waals surface area (Å²) in [6.07, 6.45) is 50.8. The highest BCUT2D eigenvalue weighted by Gasteiger charge is 2.27. The highest BCUT2D eigenvalue weighted by Crippen LogP contribution is 2.43. The molecular formula is C52H101NO8P+. The second-order valence-corrected chi connectivity index (χ2v) is 20.4. The Morgan fingerprint density at radius 3 is 1.19 bits per heavy atom. The summed E-state index contributed by atoms with van der Waals surface area (Å²) in [4.78, 5) is 35.5. The van der Waals surface area contributed by atoms with Crippen LogP contribution >= 0.6 is 7.82 Å². The molecule has 0 radical (unpaired) electrons. The van der Waals surface area contributed by atoms with Crippen LogP contribution < -0.4 is 0 Å². The van der Waals surface area contributed by atoms with Gasteiger partial charge in [-0.05, 0) is 64.2 Å². The summed E-state index contributed by atoms with van der Waals surface area (Å²) in [5.74, 6) is -0.794. The van der Waals surface area contributed by atoms with Gasteiger partial charge in [0.2, 0.25) is 0 Å². The van der Waals surface area contributed by atoms with Crippen molar-refractivity contribution in [3.63, 3.8) is 0 Å². The van der Waals surface area contributed by atoms with E-state index in [0.717, 1.165) is 32.1 Å². The number of phosphoric ester groups is 1. The first-order valence-electron chi connectivity index (χ1n) is 26.1. The summed E-state index contributed by atoms with van der Waals surface area (Å²) >= 11 is 0. The number of quaternary nitrogens is 1. The van der Waals surface area contributed by atoms with E-state index in [0.29, 0.717) is 17.4 Å². The first kappa shape index (κ1) is 60.5. The largest absolute Gasteiger partial charge is 0.472 e. The molecule has 9 nitrogen and oxygen atoms in total. The van der Waals surface area contributed by atoms with Crippen molar-refractivity contribution in [2.45, 2.75) is 251 Å². The molecule has 0 aliphatic carbocycles. The van der Waals surface area contributed by atoms with Gasteiger partial charge >= 0.3 is 19.8 Å². The van der Waals surface area contributed by atoms with E-state index in [1.165, 1.54) is 180 Å². The van der Waals surface area contributed by atoms with E-state index >= 15 is 0 Å². The van der Waals surface area contributed by atoms with Crippen LogP contribution in [-0.2, 0) is 32.7 Å². The third-order valence-electron chi connectivity index (χ3n) is 11.5. The van der Waals surface area contributed by atoms with E-state index in [1.807, 2.05) is 21.1 Å². The minimum Gasteiger partial charge on any atom is -0.462 e. The predicted molar refractivity (Wildman–Crippen MR) is 261 cm³/mol. The lowest BCUT2D eigenvalue weighted by Crippen LogP contribution is -2.37. The molecule has 0 aromatic rings. The molecule has 62 heavy (non-hydrogen) atoms. The van der Waals surface area contributed by atoms with Crippen molar-refractivity contribution in [3.05, 3.63) is 24.3 Å². The molecule has 0 fully saturated rings. The van der Waals surface area contributed by atoms with Gasteiger partial charge in [0.15, 0.2) is 6.10 Å². The number of likely N-dealkylation sites (N-methyl/N-ethyl adjacent to an activating group) is 1. The quantitative estimate of drug-likeness (QED) is 0.0211. The van der Waals surface area contributed by atoms with Gasteiger partial charge in [-0.15, -0.1) is 0 Å². The first-order chi connectivity index (χ1) is 30.0. The van der Waals surface area contributed by atoms with Gasteiger partial charge in [-0.25, -0.2) is 4.57 Å². The Morgan fingerprint density at radius 2 is 0.823 bits per heavy atom. The van der Waals surface area contributed by atoms with Gasteiger partial charge < -0.3 is 18.9 Å². The molecule has 1 N–H and O–H groups in total. The third kappa shape index (κ3) is 48.0. The molecule has 0 heterocycles. The van der Waals surface area contributed by atoms with E-state index in [1.54, 1.807) is 0 Å². The topological polar surface area (TPSA) is 108 Å². The van der Waals surface area contributed by atoms with E-state index in [9.17, 15) is 19.0 Å². The van der Waals surface area contributed by atoms with Crippen molar-refractivity contribution in [3.8, 4) is 0 Å². The number of hydrogen-bond acceptors (Lipinski definition) is 7. The number of phosphoric acid groups is 1. The van der Waals surface area contributed by atoms with E-state index in [4.69, 9.17) is 18.5 Å². The van der Waals surface area contributed by atoms with Crippen molar-refractivity contribution in [1.29, 1.82) is 0 Å². The number of unbranched alkanes of at least 4 members (excludes halogenated alkanes) is 30. The second kappa shape index (κ2) is 44.7. The fraction of sp³-hybridized carbons (Fsp3) is 0.885. The van der Waals surface area contributed by atoms with E-state index < -0.39 is 26.5 Å². The number of carbonyl (C=O) groups excluding carboxylic acids is 2. The van der Waals surface area contributed by atoms with Crippen molar-refractivity contribution in [2.24, 2.45) is 0 Å². The van der Waals surface area contributed by atoms with Crippen LogP contribution in [0.3, 0.4) is 0 Å². The monoisotopic (exact) mass is 899 g/mol. The normalized spacial score (nSPS) is 13.6. The molecule has 0 saturated carbocycles. The Bertz CT molecular complexity index is 1110. The maximum absolute atomic E-state index is 12.8. The standard InChI is InChI=1S/C52H100NO8P/c1-6-8-10-12-14-16-18-20-22-24-25-26-27-29-31-33-35-37-39-41-43-45-52(55)61-50(49-60-62(56,57)59-47-46-53(3,4)5)48-58-51(54)44-42-40-38-36-34-32-30-28-23-21-19-17-15-13-11-9-7-2/h20-23,50H,6-19,24-49H2,1-5H3/p+1/b22-20-,23-21-/t50-/m1/s1. The van der Waals surface area contributed by atoms with Gasteiger partial charge in [0.25, 0.3) is 0 Å². The molecule has 0 spiro atoms. The fourth-order valence-corrected chi connectivity index (χ4v) is 8.10. The Balaban J connectivity index is 4.23. The molecule has 0 aromatic heterocycles. The average Bonchev–Trinajstić information content (AvgIpc) is 3.23. The van der Waals surface area contributed by atoms with Crippen LogP contribution in [0.1, 0.15) is 245 Å². The molecule has 1 unspecified atom stereocenters. The molecule has 0 aliphatic rings. The van der Waals surface area contributed by atoms with Crippen molar-refractivity contribution in [2.75, 3.05) is 47.5 Å². The molecule has 0 rings (SSSR count). The third-order valence-corrected chi connectivity index (χ3v) is 12.4. The van der Waals surface area contributed by atoms with Gasteiger partial charge in [-0.1, -0.05) is 192 Å². The number of rotatable bonds is 48. The average molecular weight is 899 g/mol. The first-order valence-corrected chi connectivity index (χ1v) is 27.6. The van der Waals surface area contributed by atoms with Crippen LogP contribution in [0.2, 0.25) is 0 Å². The molecule has 366 valence electrons. The van der Waals surface area contributed by atoms with E-state index in [-0.39, 0.29) is 32.0 Å². The molecule has 0 aromatic carbocycles. The lowest BCUT2D eigenvalue weighted by Gasteiger charge is -2.24. The smallest absolute Gasteiger partial charge is 0.462 e. The maximum Gasteiger partial charge on any atom is 0.472 e. The number of ether oxygens (including phenoxy) is 2. The number of hydrogen-bond donors (Lipinski definition) is 1. The molecular weight excluding hydrogens is 798 g/mol. The molecule has 0 bridgehead atoms. The zero-order chi connectivity index (χ0) is 45.7. The van der Waals surface area contributed by atoms with Gasteiger partial charge in [0.1, 0.15) is 19.8 Å². The Labute approximate surface area is 383 Å². The molecule has 0 aliphatic heterocycles. The summed E-state index contributed by atoms with van der Waals surface area (Å²) in [5.41, 5.74) is 0. The van der Waals surface area contributed by atoms with Crippen LogP contribution in [0.4, 0.5) is 0 Å². The summed E-state index contributed by atoms with van der Waals surface area (Å²) < 4.78 is 34.5. The molecule has 0 amide bonds. The summed E-state index contributed by atoms with van der Waals surface area (Å²) in [6.45, 7) is 4.45. The van der Waals surface area contributed by atoms with Gasteiger partial charge in [0.05, 0.1) is 27.7 Å². The Morgan fingerprint density at radius 1 is 0.484 bits per heavy atom. The minimum atomic E-state index is -4.38. The minimum absolute atomic E-state index is 0.0326. The lowest BCUT2D eigenvalue weighted by atomic mass is 10.0. The maximum atomic E-state index is 12.8. The summed E-state index contributed by atoms with van der Waals surface area (Å²) in [5, 5.41) is 0. The summed E-state index contributed by atoms with van der Waals surface area (Å²) in [7, 11) is 1.48. The predicted octanol–water partition coefficient (Wildman–Crippen LogP) is 15.5. The summed E-state index contributed by atoms with van der Waals surface area (Å²) in [6, 6.07) is 0. The Hall–Kier alpha value is -1.51. The van der Waals surface area contributed by atoms with Crippen molar-refractivity contribution in [1.82, 2.24) is 0 Å². The Kier molecular flexibility index (Phi) is 43.6. The highest BCUT2D eigenvalue weighted by atomic mass is 31.2. The van der Waals surface area contributed by atoms with Gasteiger partial charge in [-0.3, -0.25) is 18.6 Å². The fourth-order valence-electron chi connectivity index (χ4n) is 7.36. The number of esters is 2. The lowest BCUT2D eigenvalue weighted by molar-refractivity contribution is -0.870. The SMILES string of the molecule is CCCCCCCC/C=C\CCCCCCCCCCCCCC(=O)O[C@H](COC(=O)CCCCCCCCC/C=C\CCCCCCCC)COP(=O)(O)OCC[N+](C)(C)C. The van der Waals surface area contributed by atoms with Gasteiger partial charge in [0, 0.05) is 12.8 Å². The highest BCUT2D eigenvalue weighted by molar-refractivity contribution is 7.47. The van der Waals surface area contributed by atoms with Crippen LogP contribution in [-0.4, -0.2) is 74.9 Å². The van der Waals surface area contributed by atoms with Crippen LogP contribution in [0.15, 0.2) is 24.3 Å². The zero-order valence-electron chi connectivity index (χ0n) is 41.4. The van der Waals surface area contributed by atoms with Crippen LogP contribution in [0, 0.1) is 0 Å². The number of nitrogens with zero attached hydrogens (tertiary/aromatic N) is 1. The number of allylic oxidation sites excluding steroid dienone is 4.